The zero-order valence-electron chi connectivity index (χ0n) is 13.0. The molecule has 0 aliphatic heterocycles. The molecule has 0 atom stereocenters. The molecule has 0 saturated heterocycles. The lowest BCUT2D eigenvalue weighted by molar-refractivity contribution is 0.102. The lowest BCUT2D eigenvalue weighted by atomic mass is 10.2. The van der Waals surface area contributed by atoms with E-state index in [1.165, 1.54) is 6.39 Å². The first kappa shape index (κ1) is 14.8. The summed E-state index contributed by atoms with van der Waals surface area (Å²) in [4.78, 5) is 12.4. The van der Waals surface area contributed by atoms with Crippen LogP contribution in [0, 0.1) is 0 Å². The highest BCUT2D eigenvalue weighted by Gasteiger charge is 2.12. The average Bonchev–Trinajstić information content (AvgIpc) is 3.35. The van der Waals surface area contributed by atoms with Crippen LogP contribution in [0.25, 0.3) is 17.1 Å². The van der Waals surface area contributed by atoms with Crippen LogP contribution < -0.4 is 5.32 Å². The van der Waals surface area contributed by atoms with E-state index in [4.69, 9.17) is 4.42 Å². The van der Waals surface area contributed by atoms with Gasteiger partial charge in [-0.15, -0.1) is 10.2 Å². The van der Waals surface area contributed by atoms with Crippen LogP contribution >= 0.6 is 0 Å². The molecule has 0 unspecified atom stereocenters. The molecule has 0 aliphatic carbocycles. The van der Waals surface area contributed by atoms with Gasteiger partial charge in [0.15, 0.2) is 5.69 Å². The van der Waals surface area contributed by atoms with Crippen LogP contribution in [-0.4, -0.2) is 25.9 Å². The standard InChI is InChI=1S/C18H13N5O2/c24-17(16-9-10-23(22-16)15-7-2-1-3-8-15)20-14-6-4-5-13(11-14)18-21-19-12-25-18/h1-12H,(H,20,24). The van der Waals surface area contributed by atoms with Crippen molar-refractivity contribution in [3.05, 3.63) is 78.9 Å². The van der Waals surface area contributed by atoms with Crippen molar-refractivity contribution >= 4 is 11.6 Å². The molecular weight excluding hydrogens is 318 g/mol. The zero-order valence-corrected chi connectivity index (χ0v) is 13.0. The molecule has 0 bridgehead atoms. The maximum Gasteiger partial charge on any atom is 0.276 e. The normalized spacial score (nSPS) is 10.6. The first-order valence-electron chi connectivity index (χ1n) is 7.59. The van der Waals surface area contributed by atoms with Gasteiger partial charge in [0.2, 0.25) is 12.3 Å². The van der Waals surface area contributed by atoms with Crippen molar-refractivity contribution in [2.45, 2.75) is 0 Å². The first-order chi connectivity index (χ1) is 12.3. The van der Waals surface area contributed by atoms with Crippen molar-refractivity contribution in [3.63, 3.8) is 0 Å². The van der Waals surface area contributed by atoms with Crippen LogP contribution in [0.3, 0.4) is 0 Å². The summed E-state index contributed by atoms with van der Waals surface area (Å²) >= 11 is 0. The quantitative estimate of drug-likeness (QED) is 0.621. The Morgan fingerprint density at radius 3 is 2.72 bits per heavy atom. The third-order valence-corrected chi connectivity index (χ3v) is 3.57. The van der Waals surface area contributed by atoms with Crippen LogP contribution in [-0.2, 0) is 0 Å². The number of carbonyl (C=O) groups is 1. The van der Waals surface area contributed by atoms with Crippen molar-refractivity contribution < 1.29 is 9.21 Å². The Bertz CT molecular complexity index is 993. The maximum absolute atomic E-state index is 12.4. The largest absolute Gasteiger partial charge is 0.423 e. The van der Waals surface area contributed by atoms with E-state index in [1.807, 2.05) is 36.4 Å². The molecule has 1 amide bonds. The molecule has 0 aliphatic rings. The fourth-order valence-electron chi connectivity index (χ4n) is 2.39. The van der Waals surface area contributed by atoms with Crippen molar-refractivity contribution in [2.24, 2.45) is 0 Å². The molecule has 2 aromatic heterocycles. The summed E-state index contributed by atoms with van der Waals surface area (Å²) in [5.74, 6) is 0.0989. The number of para-hydroxylation sites is 1. The Balaban J connectivity index is 1.53. The van der Waals surface area contributed by atoms with E-state index in [0.29, 0.717) is 17.3 Å². The van der Waals surface area contributed by atoms with E-state index < -0.39 is 0 Å². The van der Waals surface area contributed by atoms with Gasteiger partial charge in [0.05, 0.1) is 5.69 Å². The average molecular weight is 331 g/mol. The first-order valence-corrected chi connectivity index (χ1v) is 7.59. The fraction of sp³-hybridized carbons (Fsp3) is 0. The van der Waals surface area contributed by atoms with Gasteiger partial charge in [-0.25, -0.2) is 4.68 Å². The predicted molar refractivity (Wildman–Crippen MR) is 91.3 cm³/mol. The number of hydrogen-bond acceptors (Lipinski definition) is 5. The van der Waals surface area contributed by atoms with E-state index in [0.717, 1.165) is 11.3 Å². The van der Waals surface area contributed by atoms with Gasteiger partial charge in [-0.1, -0.05) is 24.3 Å². The Morgan fingerprint density at radius 1 is 1.04 bits per heavy atom. The van der Waals surface area contributed by atoms with Gasteiger partial charge in [0.25, 0.3) is 5.91 Å². The molecule has 0 spiro atoms. The number of rotatable bonds is 4. The summed E-state index contributed by atoms with van der Waals surface area (Å²) in [6.45, 7) is 0. The van der Waals surface area contributed by atoms with E-state index in [9.17, 15) is 4.79 Å². The van der Waals surface area contributed by atoms with Crippen LogP contribution in [0.15, 0.2) is 77.7 Å². The Kier molecular flexibility index (Phi) is 3.80. The molecule has 25 heavy (non-hydrogen) atoms. The highest BCUT2D eigenvalue weighted by atomic mass is 16.4. The SMILES string of the molecule is O=C(Nc1cccc(-c2nnco2)c1)c1ccn(-c2ccccc2)n1. The summed E-state index contributed by atoms with van der Waals surface area (Å²) in [5.41, 5.74) is 2.56. The minimum absolute atomic E-state index is 0.294. The molecule has 2 heterocycles. The molecule has 0 saturated carbocycles. The van der Waals surface area contributed by atoms with E-state index >= 15 is 0 Å². The van der Waals surface area contributed by atoms with Gasteiger partial charge in [-0.3, -0.25) is 4.79 Å². The second-order valence-corrected chi connectivity index (χ2v) is 5.26. The third kappa shape index (κ3) is 3.16. The molecule has 4 rings (SSSR count). The summed E-state index contributed by atoms with van der Waals surface area (Å²) in [7, 11) is 0. The third-order valence-electron chi connectivity index (χ3n) is 3.57. The molecular formula is C18H13N5O2. The zero-order chi connectivity index (χ0) is 17.1. The predicted octanol–water partition coefficient (Wildman–Crippen LogP) is 3.17. The maximum atomic E-state index is 12.4. The number of carbonyl (C=O) groups excluding carboxylic acids is 1. The van der Waals surface area contributed by atoms with Gasteiger partial charge in [-0.2, -0.15) is 5.10 Å². The summed E-state index contributed by atoms with van der Waals surface area (Å²) in [6.07, 6.45) is 3.01. The molecule has 0 radical (unpaired) electrons. The minimum Gasteiger partial charge on any atom is -0.423 e. The molecule has 7 nitrogen and oxygen atoms in total. The van der Waals surface area contributed by atoms with Crippen molar-refractivity contribution in [2.75, 3.05) is 5.32 Å². The number of nitrogens with one attached hydrogen (secondary N) is 1. The van der Waals surface area contributed by atoms with E-state index in [-0.39, 0.29) is 5.91 Å². The van der Waals surface area contributed by atoms with E-state index in [2.05, 4.69) is 20.6 Å². The monoisotopic (exact) mass is 331 g/mol. The number of benzene rings is 2. The Morgan fingerprint density at radius 2 is 1.92 bits per heavy atom. The molecule has 4 aromatic rings. The molecule has 2 aromatic carbocycles. The van der Waals surface area contributed by atoms with Gasteiger partial charge in [-0.05, 0) is 36.4 Å². The lowest BCUT2D eigenvalue weighted by Crippen LogP contribution is -2.13. The summed E-state index contributed by atoms with van der Waals surface area (Å²) < 4.78 is 6.82. The fourth-order valence-corrected chi connectivity index (χ4v) is 2.39. The number of anilines is 1. The summed E-state index contributed by atoms with van der Waals surface area (Å²) in [6, 6.07) is 18.4. The van der Waals surface area contributed by atoms with Crippen molar-refractivity contribution in [3.8, 4) is 17.1 Å². The summed E-state index contributed by atoms with van der Waals surface area (Å²) in [5, 5.41) is 14.6. The van der Waals surface area contributed by atoms with Gasteiger partial charge < -0.3 is 9.73 Å². The number of aromatic nitrogens is 4. The van der Waals surface area contributed by atoms with Crippen LogP contribution in [0.5, 0.6) is 0 Å². The molecule has 1 N–H and O–H groups in total. The smallest absolute Gasteiger partial charge is 0.276 e. The second-order valence-electron chi connectivity index (χ2n) is 5.26. The molecule has 122 valence electrons. The van der Waals surface area contributed by atoms with Gasteiger partial charge in [0, 0.05) is 17.4 Å². The van der Waals surface area contributed by atoms with E-state index in [1.54, 1.807) is 35.1 Å². The molecule has 7 heteroatoms. The van der Waals surface area contributed by atoms with Gasteiger partial charge >= 0.3 is 0 Å². The number of hydrogen-bond donors (Lipinski definition) is 1. The van der Waals surface area contributed by atoms with Gasteiger partial charge in [0.1, 0.15) is 0 Å². The molecule has 0 fully saturated rings. The number of amides is 1. The highest BCUT2D eigenvalue weighted by Crippen LogP contribution is 2.20. The van der Waals surface area contributed by atoms with Crippen LogP contribution in [0.1, 0.15) is 10.5 Å². The number of nitrogens with zero attached hydrogens (tertiary/aromatic N) is 4. The second kappa shape index (κ2) is 6.40. The van der Waals surface area contributed by atoms with Crippen molar-refractivity contribution in [1.82, 2.24) is 20.0 Å². The van der Waals surface area contributed by atoms with Crippen molar-refractivity contribution in [1.29, 1.82) is 0 Å². The lowest BCUT2D eigenvalue weighted by Gasteiger charge is -2.04. The Labute approximate surface area is 142 Å². The Hall–Kier alpha value is -3.74. The minimum atomic E-state index is -0.294. The van der Waals surface area contributed by atoms with Crippen LogP contribution in [0.2, 0.25) is 0 Å². The highest BCUT2D eigenvalue weighted by molar-refractivity contribution is 6.03. The van der Waals surface area contributed by atoms with Crippen LogP contribution in [0.4, 0.5) is 5.69 Å². The topological polar surface area (TPSA) is 85.8 Å².